The predicted molar refractivity (Wildman–Crippen MR) is 102 cm³/mol. The third kappa shape index (κ3) is 5.88. The molecule has 3 N–H and O–H groups in total. The molecule has 1 aliphatic carbocycles. The molecule has 1 aromatic carbocycles. The van der Waals surface area contributed by atoms with Crippen molar-refractivity contribution in [2.45, 2.75) is 50.7 Å². The highest BCUT2D eigenvalue weighted by Crippen LogP contribution is 2.26. The van der Waals surface area contributed by atoms with E-state index in [0.29, 0.717) is 6.54 Å². The van der Waals surface area contributed by atoms with E-state index in [4.69, 9.17) is 5.11 Å². The van der Waals surface area contributed by atoms with Crippen LogP contribution in [-0.2, 0) is 4.79 Å². The average Bonchev–Trinajstić information content (AvgIpc) is 2.60. The van der Waals surface area contributed by atoms with E-state index >= 15 is 0 Å². The molecule has 0 spiro atoms. The number of nitrogens with one attached hydrogen (secondary N) is 2. The lowest BCUT2D eigenvalue weighted by Gasteiger charge is -2.42. The lowest BCUT2D eigenvalue weighted by Crippen LogP contribution is -2.56. The van der Waals surface area contributed by atoms with E-state index in [0.717, 1.165) is 31.2 Å². The summed E-state index contributed by atoms with van der Waals surface area (Å²) in [5.74, 6) is -0.811. The lowest BCUT2D eigenvalue weighted by molar-refractivity contribution is -0.139. The Bertz CT molecular complexity index is 600. The molecule has 1 fully saturated rings. The first-order valence-corrected chi connectivity index (χ1v) is 9.22. The quantitative estimate of drug-likeness (QED) is 0.561. The van der Waals surface area contributed by atoms with Crippen LogP contribution in [0.25, 0.3) is 0 Å². The van der Waals surface area contributed by atoms with Gasteiger partial charge in [-0.25, -0.2) is 4.79 Å². The summed E-state index contributed by atoms with van der Waals surface area (Å²) in [6.45, 7) is 6.47. The fourth-order valence-electron chi connectivity index (χ4n) is 3.35. The predicted octanol–water partition coefficient (Wildman–Crippen LogP) is 2.93. The van der Waals surface area contributed by atoms with Crippen LogP contribution in [0.3, 0.4) is 0 Å². The van der Waals surface area contributed by atoms with Gasteiger partial charge in [0, 0.05) is 12.1 Å². The van der Waals surface area contributed by atoms with Gasteiger partial charge in [0.05, 0.1) is 12.6 Å². The minimum Gasteiger partial charge on any atom is -0.480 e. The molecule has 142 valence electrons. The van der Waals surface area contributed by atoms with Crippen molar-refractivity contribution in [3.63, 3.8) is 0 Å². The van der Waals surface area contributed by atoms with Gasteiger partial charge in [0.2, 0.25) is 0 Å². The van der Waals surface area contributed by atoms with Gasteiger partial charge in [0.25, 0.3) is 0 Å². The summed E-state index contributed by atoms with van der Waals surface area (Å²) < 4.78 is 0. The van der Waals surface area contributed by atoms with Crippen molar-refractivity contribution >= 4 is 12.0 Å². The number of hydrogen-bond donors (Lipinski definition) is 3. The molecule has 0 bridgehead atoms. The molecule has 1 atom stereocenters. The van der Waals surface area contributed by atoms with Crippen molar-refractivity contribution in [3.8, 4) is 0 Å². The maximum absolute atomic E-state index is 12.4. The first-order valence-electron chi connectivity index (χ1n) is 9.22. The van der Waals surface area contributed by atoms with Crippen LogP contribution in [0.15, 0.2) is 43.0 Å². The topological polar surface area (TPSA) is 81.7 Å². The number of benzene rings is 1. The van der Waals surface area contributed by atoms with Gasteiger partial charge in [-0.1, -0.05) is 43.3 Å². The van der Waals surface area contributed by atoms with Gasteiger partial charge in [-0.2, -0.15) is 0 Å². The molecule has 6 nitrogen and oxygen atoms in total. The van der Waals surface area contributed by atoms with Crippen molar-refractivity contribution < 1.29 is 14.7 Å². The maximum atomic E-state index is 12.4. The largest absolute Gasteiger partial charge is 0.480 e. The Morgan fingerprint density at radius 3 is 2.62 bits per heavy atom. The number of carbonyl (C=O) groups excluding carboxylic acids is 1. The zero-order valence-corrected chi connectivity index (χ0v) is 15.4. The Labute approximate surface area is 155 Å². The number of likely N-dealkylation sites (N-methyl/N-ethyl adjacent to an activating group) is 1. The van der Waals surface area contributed by atoms with E-state index in [9.17, 15) is 9.59 Å². The highest BCUT2D eigenvalue weighted by molar-refractivity contribution is 5.75. The summed E-state index contributed by atoms with van der Waals surface area (Å²) in [4.78, 5) is 25.2. The Hall–Kier alpha value is -2.34. The van der Waals surface area contributed by atoms with E-state index in [1.54, 1.807) is 0 Å². The fourth-order valence-corrected chi connectivity index (χ4v) is 3.35. The molecule has 1 unspecified atom stereocenters. The zero-order valence-electron chi connectivity index (χ0n) is 15.4. The maximum Gasteiger partial charge on any atom is 0.317 e. The van der Waals surface area contributed by atoms with Crippen LogP contribution < -0.4 is 10.6 Å². The molecular weight excluding hydrogens is 330 g/mol. The number of amides is 2. The van der Waals surface area contributed by atoms with Gasteiger partial charge in [-0.3, -0.25) is 9.69 Å². The lowest BCUT2D eigenvalue weighted by atomic mass is 9.85. The van der Waals surface area contributed by atoms with Crippen LogP contribution in [0.5, 0.6) is 0 Å². The average molecular weight is 359 g/mol. The number of urea groups is 1. The number of rotatable bonds is 10. The summed E-state index contributed by atoms with van der Waals surface area (Å²) in [7, 11) is 0. The highest BCUT2D eigenvalue weighted by Gasteiger charge is 2.34. The molecule has 0 aromatic heterocycles. The second kappa shape index (κ2) is 9.97. The van der Waals surface area contributed by atoms with Crippen LogP contribution in [0, 0.1) is 0 Å². The van der Waals surface area contributed by atoms with E-state index < -0.39 is 5.97 Å². The fraction of sp³-hybridized carbons (Fsp3) is 0.500. The van der Waals surface area contributed by atoms with Crippen molar-refractivity contribution in [2.24, 2.45) is 0 Å². The molecule has 0 saturated heterocycles. The van der Waals surface area contributed by atoms with Gasteiger partial charge in [0.1, 0.15) is 0 Å². The first-order chi connectivity index (χ1) is 12.5. The van der Waals surface area contributed by atoms with Crippen LogP contribution in [0.1, 0.15) is 44.2 Å². The summed E-state index contributed by atoms with van der Waals surface area (Å²) in [6, 6.07) is 10.0. The Balaban J connectivity index is 1.82. The minimum atomic E-state index is -0.811. The van der Waals surface area contributed by atoms with Crippen LogP contribution in [0.2, 0.25) is 0 Å². The number of allylic oxidation sites excluding steroid dienone is 1. The summed E-state index contributed by atoms with van der Waals surface area (Å²) in [5, 5.41) is 15.0. The molecule has 26 heavy (non-hydrogen) atoms. The molecule has 2 amide bonds. The zero-order chi connectivity index (χ0) is 18.9. The second-order valence-corrected chi connectivity index (χ2v) is 6.73. The number of carboxylic acid groups (broad SMARTS) is 1. The number of carboxylic acids is 1. The summed E-state index contributed by atoms with van der Waals surface area (Å²) >= 11 is 0. The highest BCUT2D eigenvalue weighted by atomic mass is 16.4. The van der Waals surface area contributed by atoms with Gasteiger partial charge < -0.3 is 15.7 Å². The molecule has 2 rings (SSSR count). The molecule has 0 heterocycles. The molecule has 0 radical (unpaired) electrons. The van der Waals surface area contributed by atoms with Gasteiger partial charge in [0.15, 0.2) is 0 Å². The van der Waals surface area contributed by atoms with Gasteiger partial charge in [-0.15, -0.1) is 6.58 Å². The molecule has 1 saturated carbocycles. The number of hydrogen-bond acceptors (Lipinski definition) is 3. The monoisotopic (exact) mass is 359 g/mol. The van der Waals surface area contributed by atoms with Crippen LogP contribution in [0.4, 0.5) is 4.79 Å². The van der Waals surface area contributed by atoms with E-state index in [-0.39, 0.29) is 30.7 Å². The third-order valence-corrected chi connectivity index (χ3v) is 4.88. The smallest absolute Gasteiger partial charge is 0.317 e. The summed E-state index contributed by atoms with van der Waals surface area (Å²) in [5.41, 5.74) is 1.08. The van der Waals surface area contributed by atoms with E-state index in [1.165, 1.54) is 0 Å². The molecule has 1 aliphatic rings. The Morgan fingerprint density at radius 2 is 2.04 bits per heavy atom. The van der Waals surface area contributed by atoms with Crippen molar-refractivity contribution in [1.82, 2.24) is 15.5 Å². The van der Waals surface area contributed by atoms with E-state index in [2.05, 4.69) is 17.2 Å². The number of nitrogens with zero attached hydrogens (tertiary/aromatic N) is 1. The minimum absolute atomic E-state index is 0.0516. The standard InChI is InChI=1S/C20H29N3O3/c1-3-5-11-18(15-9-7-6-8-10-15)22-20(26)21-16-12-17(13-16)23(4-2)14-19(24)25/h3,6-10,16-18H,1,4-5,11-14H2,2H3,(H,24,25)(H2,21,22,26). The SMILES string of the molecule is C=CCCC(NC(=O)NC1CC(N(CC)CC(=O)O)C1)c1ccccc1. The van der Waals surface area contributed by atoms with Crippen LogP contribution in [-0.4, -0.2) is 47.2 Å². The molecule has 1 aromatic rings. The van der Waals surface area contributed by atoms with E-state index in [1.807, 2.05) is 48.2 Å². The first kappa shape index (κ1) is 20.0. The summed E-state index contributed by atoms with van der Waals surface area (Å²) in [6.07, 6.45) is 5.06. The Kier molecular flexibility index (Phi) is 7.66. The number of aliphatic carboxylic acids is 1. The van der Waals surface area contributed by atoms with Gasteiger partial charge >= 0.3 is 12.0 Å². The van der Waals surface area contributed by atoms with Crippen molar-refractivity contribution in [1.29, 1.82) is 0 Å². The normalized spacial score (nSPS) is 20.1. The molecule has 0 aliphatic heterocycles. The van der Waals surface area contributed by atoms with Crippen molar-refractivity contribution in [2.75, 3.05) is 13.1 Å². The molecule has 6 heteroatoms. The van der Waals surface area contributed by atoms with Crippen molar-refractivity contribution in [3.05, 3.63) is 48.6 Å². The number of carbonyl (C=O) groups is 2. The Morgan fingerprint density at radius 1 is 1.35 bits per heavy atom. The third-order valence-electron chi connectivity index (χ3n) is 4.88. The second-order valence-electron chi connectivity index (χ2n) is 6.73. The van der Waals surface area contributed by atoms with Crippen LogP contribution >= 0.6 is 0 Å². The molecular formula is C20H29N3O3. The van der Waals surface area contributed by atoms with Gasteiger partial charge in [-0.05, 0) is 37.8 Å².